The van der Waals surface area contributed by atoms with Crippen molar-refractivity contribution < 1.29 is 4.42 Å². The molecule has 2 heterocycles. The Bertz CT molecular complexity index is 465. The van der Waals surface area contributed by atoms with E-state index >= 15 is 0 Å². The summed E-state index contributed by atoms with van der Waals surface area (Å²) in [4.78, 5) is 8.58. The fourth-order valence-corrected chi connectivity index (χ4v) is 1.29. The van der Waals surface area contributed by atoms with Gasteiger partial charge in [0.2, 0.25) is 0 Å². The van der Waals surface area contributed by atoms with E-state index in [-0.39, 0.29) is 0 Å². The van der Waals surface area contributed by atoms with Crippen LogP contribution in [0.5, 0.6) is 0 Å². The molecule has 0 bridgehead atoms. The van der Waals surface area contributed by atoms with Gasteiger partial charge in [0.1, 0.15) is 5.82 Å². The van der Waals surface area contributed by atoms with Gasteiger partial charge in [-0.1, -0.05) is 0 Å². The number of anilines is 1. The van der Waals surface area contributed by atoms with Crippen molar-refractivity contribution in [2.24, 2.45) is 5.84 Å². The molecule has 0 aromatic carbocycles. The fraction of sp³-hybridized carbons (Fsp3) is 0.200. The summed E-state index contributed by atoms with van der Waals surface area (Å²) in [5.41, 5.74) is 4.36. The number of nitrogen functional groups attached to an aromatic ring is 1. The van der Waals surface area contributed by atoms with E-state index in [1.54, 1.807) is 12.3 Å². The van der Waals surface area contributed by atoms with E-state index in [1.165, 1.54) is 0 Å². The molecule has 0 aliphatic rings. The van der Waals surface area contributed by atoms with Crippen LogP contribution in [0, 0.1) is 13.8 Å². The van der Waals surface area contributed by atoms with E-state index < -0.39 is 0 Å². The van der Waals surface area contributed by atoms with Gasteiger partial charge in [-0.3, -0.25) is 0 Å². The van der Waals surface area contributed by atoms with Crippen molar-refractivity contribution in [3.63, 3.8) is 0 Å². The van der Waals surface area contributed by atoms with Crippen LogP contribution in [0.4, 0.5) is 5.82 Å². The predicted octanol–water partition coefficient (Wildman–Crippen LogP) is 1.64. The van der Waals surface area contributed by atoms with Crippen LogP contribution in [0.2, 0.25) is 0 Å². The second-order valence-electron chi connectivity index (χ2n) is 3.23. The van der Waals surface area contributed by atoms with Crippen LogP contribution in [0.15, 0.2) is 22.8 Å². The highest BCUT2D eigenvalue weighted by atomic mass is 16.3. The maximum absolute atomic E-state index is 5.37. The van der Waals surface area contributed by atoms with Crippen molar-refractivity contribution in [1.82, 2.24) is 9.97 Å². The lowest BCUT2D eigenvalue weighted by molar-refractivity contribution is 0.577. The lowest BCUT2D eigenvalue weighted by Crippen LogP contribution is -2.12. The molecule has 15 heavy (non-hydrogen) atoms. The first kappa shape index (κ1) is 9.67. The van der Waals surface area contributed by atoms with Gasteiger partial charge in [0.15, 0.2) is 11.6 Å². The Balaban J connectivity index is 2.55. The van der Waals surface area contributed by atoms with Gasteiger partial charge in [-0.25, -0.2) is 15.8 Å². The summed E-state index contributed by atoms with van der Waals surface area (Å²) in [5, 5.41) is 0. The quantitative estimate of drug-likeness (QED) is 0.574. The minimum atomic E-state index is 0.538. The summed E-state index contributed by atoms with van der Waals surface area (Å²) in [5.74, 6) is 7.16. The van der Waals surface area contributed by atoms with E-state index in [0.29, 0.717) is 17.4 Å². The highest BCUT2D eigenvalue weighted by Crippen LogP contribution is 2.20. The number of hydrazine groups is 1. The third-order valence-electron chi connectivity index (χ3n) is 2.27. The zero-order valence-corrected chi connectivity index (χ0v) is 8.61. The zero-order valence-electron chi connectivity index (χ0n) is 8.61. The number of nitrogens with one attached hydrogen (secondary N) is 1. The van der Waals surface area contributed by atoms with Crippen molar-refractivity contribution in [1.29, 1.82) is 0 Å². The van der Waals surface area contributed by atoms with Crippen molar-refractivity contribution in [2.75, 3.05) is 5.43 Å². The third kappa shape index (κ3) is 1.69. The number of furan rings is 1. The van der Waals surface area contributed by atoms with Crippen molar-refractivity contribution in [3.05, 3.63) is 29.7 Å². The number of aromatic nitrogens is 2. The molecule has 0 saturated heterocycles. The van der Waals surface area contributed by atoms with Crippen LogP contribution in [0.3, 0.4) is 0 Å². The van der Waals surface area contributed by atoms with Crippen molar-refractivity contribution in [3.8, 4) is 11.6 Å². The average molecular weight is 204 g/mol. The molecule has 0 radical (unpaired) electrons. The maximum Gasteiger partial charge on any atom is 0.197 e. The lowest BCUT2D eigenvalue weighted by atomic mass is 10.2. The highest BCUT2D eigenvalue weighted by Gasteiger charge is 2.10. The lowest BCUT2D eigenvalue weighted by Gasteiger charge is -2.07. The summed E-state index contributed by atoms with van der Waals surface area (Å²) in [6, 6.07) is 3.60. The molecule has 3 N–H and O–H groups in total. The molecule has 0 fully saturated rings. The van der Waals surface area contributed by atoms with Gasteiger partial charge in [-0.2, -0.15) is 0 Å². The van der Waals surface area contributed by atoms with Crippen LogP contribution in [0.1, 0.15) is 11.3 Å². The first-order valence-corrected chi connectivity index (χ1v) is 4.58. The zero-order chi connectivity index (χ0) is 10.8. The Morgan fingerprint density at radius 1 is 1.33 bits per heavy atom. The number of rotatable bonds is 2. The van der Waals surface area contributed by atoms with Crippen molar-refractivity contribution in [2.45, 2.75) is 13.8 Å². The molecule has 0 atom stereocenters. The molecule has 5 nitrogen and oxygen atoms in total. The van der Waals surface area contributed by atoms with Crippen molar-refractivity contribution >= 4 is 5.82 Å². The Morgan fingerprint density at radius 3 is 2.73 bits per heavy atom. The van der Waals surface area contributed by atoms with Crippen LogP contribution >= 0.6 is 0 Å². The van der Waals surface area contributed by atoms with Gasteiger partial charge >= 0.3 is 0 Å². The Morgan fingerprint density at radius 2 is 2.13 bits per heavy atom. The molecule has 5 heteroatoms. The molecular weight excluding hydrogens is 192 g/mol. The fourth-order valence-electron chi connectivity index (χ4n) is 1.29. The van der Waals surface area contributed by atoms with Gasteiger partial charge < -0.3 is 9.84 Å². The van der Waals surface area contributed by atoms with E-state index in [0.717, 1.165) is 11.3 Å². The SMILES string of the molecule is Cc1nc(-c2ccco2)nc(NN)c1C. The van der Waals surface area contributed by atoms with E-state index in [1.807, 2.05) is 19.9 Å². The predicted molar refractivity (Wildman–Crippen MR) is 57.0 cm³/mol. The first-order chi connectivity index (χ1) is 7.22. The smallest absolute Gasteiger partial charge is 0.197 e. The van der Waals surface area contributed by atoms with Crippen LogP contribution < -0.4 is 11.3 Å². The second kappa shape index (κ2) is 3.70. The van der Waals surface area contributed by atoms with Gasteiger partial charge in [0, 0.05) is 11.3 Å². The Hall–Kier alpha value is -1.88. The molecule has 2 aromatic rings. The number of hydrogen-bond acceptors (Lipinski definition) is 5. The van der Waals surface area contributed by atoms with Gasteiger partial charge in [-0.05, 0) is 26.0 Å². The standard InChI is InChI=1S/C10H12N4O/c1-6-7(2)12-10(13-9(6)14-11)8-4-3-5-15-8/h3-5H,11H2,1-2H3,(H,12,13,14). The van der Waals surface area contributed by atoms with Gasteiger partial charge in [0.25, 0.3) is 0 Å². The third-order valence-corrected chi connectivity index (χ3v) is 2.27. The van der Waals surface area contributed by atoms with E-state index in [9.17, 15) is 0 Å². The van der Waals surface area contributed by atoms with E-state index in [4.69, 9.17) is 10.3 Å². The summed E-state index contributed by atoms with van der Waals surface area (Å²) >= 11 is 0. The molecule has 0 amide bonds. The molecule has 78 valence electrons. The summed E-state index contributed by atoms with van der Waals surface area (Å²) < 4.78 is 5.22. The number of hydrogen-bond donors (Lipinski definition) is 2. The van der Waals surface area contributed by atoms with Crippen LogP contribution in [0.25, 0.3) is 11.6 Å². The molecule has 0 unspecified atom stereocenters. The number of nitrogens with two attached hydrogens (primary N) is 1. The molecular formula is C10H12N4O. The number of nitrogens with zero attached hydrogens (tertiary/aromatic N) is 2. The van der Waals surface area contributed by atoms with Crippen LogP contribution in [-0.2, 0) is 0 Å². The summed E-state index contributed by atoms with van der Waals surface area (Å²) in [6.07, 6.45) is 1.59. The maximum atomic E-state index is 5.37. The Kier molecular flexibility index (Phi) is 2.39. The minimum absolute atomic E-state index is 0.538. The van der Waals surface area contributed by atoms with Gasteiger partial charge in [-0.15, -0.1) is 0 Å². The molecule has 2 rings (SSSR count). The monoisotopic (exact) mass is 204 g/mol. The average Bonchev–Trinajstić information content (AvgIpc) is 2.75. The topological polar surface area (TPSA) is 77.0 Å². The van der Waals surface area contributed by atoms with E-state index in [2.05, 4.69) is 15.4 Å². The molecule has 2 aromatic heterocycles. The molecule has 0 aliphatic carbocycles. The summed E-state index contributed by atoms with van der Waals surface area (Å²) in [7, 11) is 0. The normalized spacial score (nSPS) is 10.3. The second-order valence-corrected chi connectivity index (χ2v) is 3.23. The largest absolute Gasteiger partial charge is 0.461 e. The Labute approximate surface area is 87.3 Å². The number of aryl methyl sites for hydroxylation is 1. The van der Waals surface area contributed by atoms with Gasteiger partial charge in [0.05, 0.1) is 6.26 Å². The minimum Gasteiger partial charge on any atom is -0.461 e. The molecule has 0 spiro atoms. The first-order valence-electron chi connectivity index (χ1n) is 4.58. The highest BCUT2D eigenvalue weighted by molar-refractivity contribution is 5.54. The molecule has 0 saturated carbocycles. The van der Waals surface area contributed by atoms with Crippen LogP contribution in [-0.4, -0.2) is 9.97 Å². The molecule has 0 aliphatic heterocycles. The summed E-state index contributed by atoms with van der Waals surface area (Å²) in [6.45, 7) is 3.82.